The quantitative estimate of drug-likeness (QED) is 0.437. The van der Waals surface area contributed by atoms with Crippen LogP contribution < -0.4 is 16.0 Å². The molecule has 3 amide bonds. The molecule has 10 heteroatoms. The molecule has 2 atom stereocenters. The second kappa shape index (κ2) is 9.97. The molecule has 2 aromatic carbocycles. The van der Waals surface area contributed by atoms with E-state index < -0.39 is 34.5 Å². The molecule has 7 rings (SSSR count). The maximum Gasteiger partial charge on any atom is 0.244 e. The Morgan fingerprint density at radius 1 is 1.00 bits per heavy atom. The normalized spacial score (nSPS) is 24.0. The van der Waals surface area contributed by atoms with E-state index in [2.05, 4.69) is 20.9 Å². The molecule has 0 radical (unpaired) electrons. The zero-order valence-electron chi connectivity index (χ0n) is 23.0. The number of fused-ring (bicyclic) bond motifs is 3. The third kappa shape index (κ3) is 4.36. The predicted octanol–water partition coefficient (Wildman–Crippen LogP) is 4.16. The molecule has 0 unspecified atom stereocenters. The number of hydrogen-bond acceptors (Lipinski definition) is 5. The lowest BCUT2D eigenvalue weighted by Crippen LogP contribution is -2.66. The van der Waals surface area contributed by atoms with E-state index >= 15 is 0 Å². The van der Waals surface area contributed by atoms with Gasteiger partial charge in [-0.25, -0.2) is 13.8 Å². The van der Waals surface area contributed by atoms with E-state index in [1.165, 1.54) is 17.0 Å². The van der Waals surface area contributed by atoms with Crippen molar-refractivity contribution >= 4 is 29.2 Å². The van der Waals surface area contributed by atoms with Gasteiger partial charge in [0, 0.05) is 30.1 Å². The molecule has 42 heavy (non-hydrogen) atoms. The highest BCUT2D eigenvalue weighted by molar-refractivity contribution is 6.06. The lowest BCUT2D eigenvalue weighted by atomic mass is 9.78. The lowest BCUT2D eigenvalue weighted by Gasteiger charge is -2.48. The highest BCUT2D eigenvalue weighted by Crippen LogP contribution is 2.47. The van der Waals surface area contributed by atoms with E-state index in [4.69, 9.17) is 0 Å². The van der Waals surface area contributed by atoms with E-state index in [1.54, 1.807) is 12.3 Å². The fourth-order valence-corrected chi connectivity index (χ4v) is 7.39. The van der Waals surface area contributed by atoms with Gasteiger partial charge >= 0.3 is 0 Å². The van der Waals surface area contributed by atoms with E-state index in [1.807, 2.05) is 24.3 Å². The number of halogens is 2. The van der Waals surface area contributed by atoms with Crippen molar-refractivity contribution in [3.05, 3.63) is 88.6 Å². The van der Waals surface area contributed by atoms with Crippen molar-refractivity contribution < 1.29 is 23.2 Å². The molecule has 2 aliphatic heterocycles. The molecule has 0 bridgehead atoms. The number of rotatable bonds is 4. The van der Waals surface area contributed by atoms with Crippen molar-refractivity contribution in [3.8, 4) is 0 Å². The van der Waals surface area contributed by atoms with Gasteiger partial charge in [0.05, 0.1) is 17.0 Å². The highest BCUT2D eigenvalue weighted by Gasteiger charge is 2.51. The van der Waals surface area contributed by atoms with Gasteiger partial charge in [0.1, 0.15) is 24.0 Å². The first kappa shape index (κ1) is 26.7. The van der Waals surface area contributed by atoms with Crippen LogP contribution in [0.15, 0.2) is 54.7 Å². The average molecular weight is 572 g/mol. The number of benzene rings is 2. The number of pyridine rings is 1. The van der Waals surface area contributed by atoms with E-state index in [0.717, 1.165) is 42.0 Å². The lowest BCUT2D eigenvalue weighted by molar-refractivity contribution is -0.149. The van der Waals surface area contributed by atoms with Crippen molar-refractivity contribution in [1.82, 2.24) is 15.2 Å². The Hall–Kier alpha value is -4.18. The average Bonchev–Trinajstić information content (AvgIpc) is 3.48. The van der Waals surface area contributed by atoms with Crippen molar-refractivity contribution in [3.63, 3.8) is 0 Å². The van der Waals surface area contributed by atoms with Crippen LogP contribution in [0.5, 0.6) is 0 Å². The number of nitrogens with one attached hydrogen (secondary N) is 3. The summed E-state index contributed by atoms with van der Waals surface area (Å²) in [5, 5.41) is 9.20. The van der Waals surface area contributed by atoms with Gasteiger partial charge < -0.3 is 20.9 Å². The Balaban J connectivity index is 1.12. The van der Waals surface area contributed by atoms with E-state index in [-0.39, 0.29) is 18.4 Å². The van der Waals surface area contributed by atoms with Gasteiger partial charge in [-0.1, -0.05) is 31.4 Å². The summed E-state index contributed by atoms with van der Waals surface area (Å²) in [5.74, 6) is -1.57. The largest absolute Gasteiger partial charge is 0.325 e. The first-order valence-corrected chi connectivity index (χ1v) is 14.5. The molecular formula is C32H31F2N5O3. The van der Waals surface area contributed by atoms with E-state index in [0.29, 0.717) is 49.3 Å². The molecule has 4 aliphatic rings. The van der Waals surface area contributed by atoms with Gasteiger partial charge in [-0.3, -0.25) is 14.4 Å². The summed E-state index contributed by atoms with van der Waals surface area (Å²) in [6, 6.07) is 11.9. The second-order valence-corrected chi connectivity index (χ2v) is 12.0. The third-order valence-electron chi connectivity index (χ3n) is 9.44. The zero-order chi connectivity index (χ0) is 29.1. The fraction of sp³-hybridized carbons (Fsp3) is 0.375. The number of anilines is 2. The van der Waals surface area contributed by atoms with Crippen LogP contribution in [0.25, 0.3) is 0 Å². The summed E-state index contributed by atoms with van der Waals surface area (Å²) in [6.07, 6.45) is 6.84. The summed E-state index contributed by atoms with van der Waals surface area (Å²) in [7, 11) is 0. The number of piperazine rings is 1. The summed E-state index contributed by atoms with van der Waals surface area (Å²) < 4.78 is 28.3. The third-order valence-corrected chi connectivity index (χ3v) is 9.44. The Labute approximate surface area is 241 Å². The molecular weight excluding hydrogens is 540 g/mol. The molecule has 2 aliphatic carbocycles. The minimum atomic E-state index is -0.768. The van der Waals surface area contributed by atoms with Gasteiger partial charge in [-0.15, -0.1) is 0 Å². The molecule has 216 valence electrons. The van der Waals surface area contributed by atoms with Gasteiger partial charge in [0.2, 0.25) is 17.7 Å². The Morgan fingerprint density at radius 3 is 2.55 bits per heavy atom. The molecule has 8 nitrogen and oxygen atoms in total. The first-order valence-electron chi connectivity index (χ1n) is 14.5. The van der Waals surface area contributed by atoms with Crippen molar-refractivity contribution in [1.29, 1.82) is 0 Å². The predicted molar refractivity (Wildman–Crippen MR) is 152 cm³/mol. The second-order valence-electron chi connectivity index (χ2n) is 12.0. The summed E-state index contributed by atoms with van der Waals surface area (Å²) in [6.45, 7) is 0.0365. The summed E-state index contributed by atoms with van der Waals surface area (Å²) in [4.78, 5) is 46.2. The van der Waals surface area contributed by atoms with Crippen LogP contribution in [0.4, 0.5) is 20.3 Å². The molecule has 1 aromatic heterocycles. The van der Waals surface area contributed by atoms with Crippen molar-refractivity contribution in [2.24, 2.45) is 0 Å². The monoisotopic (exact) mass is 571 g/mol. The van der Waals surface area contributed by atoms with Crippen LogP contribution in [0.2, 0.25) is 0 Å². The maximum atomic E-state index is 14.2. The number of aromatic nitrogens is 1. The molecule has 2 spiro atoms. The van der Waals surface area contributed by atoms with Gasteiger partial charge in [0.15, 0.2) is 0 Å². The zero-order valence-corrected chi connectivity index (χ0v) is 23.0. The van der Waals surface area contributed by atoms with Crippen LogP contribution in [0, 0.1) is 11.6 Å². The topological polar surface area (TPSA) is 103 Å². The Morgan fingerprint density at radius 2 is 1.76 bits per heavy atom. The first-order chi connectivity index (χ1) is 20.3. The number of nitrogens with zero attached hydrogens (tertiary/aromatic N) is 2. The van der Waals surface area contributed by atoms with Crippen LogP contribution >= 0.6 is 0 Å². The molecule has 1 saturated carbocycles. The smallest absolute Gasteiger partial charge is 0.244 e. The van der Waals surface area contributed by atoms with Crippen LogP contribution in [0.3, 0.4) is 0 Å². The van der Waals surface area contributed by atoms with Crippen molar-refractivity contribution in [2.45, 2.75) is 61.9 Å². The Kier molecular flexibility index (Phi) is 6.34. The molecule has 1 saturated heterocycles. The van der Waals surface area contributed by atoms with Crippen LogP contribution in [-0.4, -0.2) is 46.2 Å². The number of carbonyl (C=O) groups excluding carboxylic acids is 3. The van der Waals surface area contributed by atoms with Gasteiger partial charge in [0.25, 0.3) is 0 Å². The minimum absolute atomic E-state index is 0.0772. The summed E-state index contributed by atoms with van der Waals surface area (Å²) in [5.41, 5.74) is 2.25. The van der Waals surface area contributed by atoms with Gasteiger partial charge in [-0.2, -0.15) is 0 Å². The summed E-state index contributed by atoms with van der Waals surface area (Å²) >= 11 is 0. The minimum Gasteiger partial charge on any atom is -0.325 e. The standard InChI is InChI=1S/C32H31F2N5O3/c33-22-11-20(12-23(34)14-22)26-17-36-32(8-2-1-3-9-32)30(42)39(26)18-27(40)37-24-7-6-19-15-31(16-21(19)13-24)25-5-4-10-35-28(25)38-29(31)41/h4-7,10-14,26,36H,1-3,8-9,15-18H2,(H,37,40)(H,35,38,41)/t26-,31-/m1/s1. The Bertz CT molecular complexity index is 1600. The molecule has 2 fully saturated rings. The highest BCUT2D eigenvalue weighted by atomic mass is 19.1. The van der Waals surface area contributed by atoms with E-state index in [9.17, 15) is 23.2 Å². The van der Waals surface area contributed by atoms with Gasteiger partial charge in [-0.05, 0) is 72.7 Å². The van der Waals surface area contributed by atoms with Crippen molar-refractivity contribution in [2.75, 3.05) is 23.7 Å². The van der Waals surface area contributed by atoms with Crippen LogP contribution in [-0.2, 0) is 32.6 Å². The molecule has 3 aromatic rings. The number of hydrogen-bond donors (Lipinski definition) is 3. The van der Waals surface area contributed by atoms with Crippen LogP contribution in [0.1, 0.15) is 60.4 Å². The fourth-order valence-electron chi connectivity index (χ4n) is 7.39. The number of amides is 3. The maximum absolute atomic E-state index is 14.2. The molecule has 3 N–H and O–H groups in total. The SMILES string of the molecule is O=C(CN1C(=O)C2(CCCCC2)NC[C@@H]1c1cc(F)cc(F)c1)Nc1ccc2c(c1)C[C@@]1(C2)C(=O)Nc2ncccc21. The molecule has 3 heterocycles. The number of carbonyl (C=O) groups is 3.